The van der Waals surface area contributed by atoms with E-state index in [1.54, 1.807) is 12.1 Å². The lowest BCUT2D eigenvalue weighted by Crippen LogP contribution is -1.93. The van der Waals surface area contributed by atoms with Crippen LogP contribution in [0.5, 0.6) is 11.5 Å². The third-order valence-corrected chi connectivity index (χ3v) is 3.09. The highest BCUT2D eigenvalue weighted by molar-refractivity contribution is 9.10. The van der Waals surface area contributed by atoms with E-state index in [1.807, 2.05) is 0 Å². The van der Waals surface area contributed by atoms with E-state index in [1.165, 1.54) is 20.3 Å². The van der Waals surface area contributed by atoms with Gasteiger partial charge in [0, 0.05) is 11.6 Å². The average molecular weight is 328 g/mol. The molecule has 0 spiro atoms. The molecule has 7 heteroatoms. The lowest BCUT2D eigenvalue weighted by atomic mass is 10.1. The fraction of sp³-hybridized carbons (Fsp3) is 0.167. The van der Waals surface area contributed by atoms with E-state index in [0.29, 0.717) is 22.8 Å². The Balaban J connectivity index is 2.55. The topological polar surface area (TPSA) is 81.8 Å². The molecule has 1 heterocycles. The van der Waals surface area contributed by atoms with Crippen LogP contribution in [0.15, 0.2) is 27.2 Å². The Hall–Kier alpha value is -2.02. The Morgan fingerprint density at radius 3 is 2.47 bits per heavy atom. The van der Waals surface area contributed by atoms with Gasteiger partial charge in [0.15, 0.2) is 0 Å². The molecule has 0 fully saturated rings. The highest BCUT2D eigenvalue weighted by atomic mass is 79.9. The SMILES string of the molecule is COc1cc(-c2cc(C(=O)O)on2)c(OC)cc1Br. The molecule has 0 radical (unpaired) electrons. The maximum atomic E-state index is 10.8. The predicted molar refractivity (Wildman–Crippen MR) is 69.7 cm³/mol. The molecule has 1 N–H and O–H groups in total. The molecule has 2 rings (SSSR count). The van der Waals surface area contributed by atoms with Crippen LogP contribution in [0.1, 0.15) is 10.6 Å². The lowest BCUT2D eigenvalue weighted by molar-refractivity contribution is 0.0652. The van der Waals surface area contributed by atoms with E-state index in [-0.39, 0.29) is 5.76 Å². The molecular formula is C12H10BrNO5. The predicted octanol–water partition coefficient (Wildman–Crippen LogP) is 2.82. The molecule has 0 aliphatic carbocycles. The molecule has 100 valence electrons. The average Bonchev–Trinajstić information content (AvgIpc) is 2.88. The van der Waals surface area contributed by atoms with Gasteiger partial charge in [0.05, 0.1) is 18.7 Å². The summed E-state index contributed by atoms with van der Waals surface area (Å²) >= 11 is 3.34. The number of hydrogen-bond donors (Lipinski definition) is 1. The smallest absolute Gasteiger partial charge is 0.374 e. The number of benzene rings is 1. The number of halogens is 1. The number of carbonyl (C=O) groups is 1. The molecule has 0 saturated carbocycles. The monoisotopic (exact) mass is 327 g/mol. The molecule has 1 aromatic heterocycles. The van der Waals surface area contributed by atoms with Gasteiger partial charge in [0.1, 0.15) is 17.2 Å². The van der Waals surface area contributed by atoms with Crippen LogP contribution in [0.3, 0.4) is 0 Å². The first kappa shape index (κ1) is 13.4. The summed E-state index contributed by atoms with van der Waals surface area (Å²) in [5, 5.41) is 12.5. The Morgan fingerprint density at radius 1 is 1.26 bits per heavy atom. The van der Waals surface area contributed by atoms with E-state index in [0.717, 1.165) is 4.47 Å². The van der Waals surface area contributed by atoms with Crippen molar-refractivity contribution in [1.29, 1.82) is 0 Å². The largest absolute Gasteiger partial charge is 0.496 e. The van der Waals surface area contributed by atoms with E-state index < -0.39 is 5.97 Å². The number of ether oxygens (including phenoxy) is 2. The highest BCUT2D eigenvalue weighted by Crippen LogP contribution is 2.38. The number of aromatic carboxylic acids is 1. The summed E-state index contributed by atoms with van der Waals surface area (Å²) in [6.07, 6.45) is 0. The third kappa shape index (κ3) is 2.55. The normalized spacial score (nSPS) is 10.3. The van der Waals surface area contributed by atoms with Gasteiger partial charge in [0.25, 0.3) is 0 Å². The molecule has 1 aromatic carbocycles. The van der Waals surface area contributed by atoms with Gasteiger partial charge in [-0.05, 0) is 28.1 Å². The molecule has 0 atom stereocenters. The summed E-state index contributed by atoms with van der Waals surface area (Å²) in [4.78, 5) is 10.8. The van der Waals surface area contributed by atoms with Crippen molar-refractivity contribution < 1.29 is 23.9 Å². The lowest BCUT2D eigenvalue weighted by Gasteiger charge is -2.10. The number of aromatic nitrogens is 1. The molecule has 19 heavy (non-hydrogen) atoms. The van der Waals surface area contributed by atoms with Crippen molar-refractivity contribution in [3.05, 3.63) is 28.4 Å². The van der Waals surface area contributed by atoms with Gasteiger partial charge < -0.3 is 19.1 Å². The molecule has 0 aliphatic heterocycles. The summed E-state index contributed by atoms with van der Waals surface area (Å²) in [6, 6.07) is 4.73. The molecule has 0 unspecified atom stereocenters. The van der Waals surface area contributed by atoms with E-state index in [2.05, 4.69) is 21.1 Å². The van der Waals surface area contributed by atoms with Gasteiger partial charge in [-0.25, -0.2) is 4.79 Å². The van der Waals surface area contributed by atoms with Gasteiger partial charge in [0.2, 0.25) is 5.76 Å². The van der Waals surface area contributed by atoms with E-state index >= 15 is 0 Å². The molecule has 6 nitrogen and oxygen atoms in total. The summed E-state index contributed by atoms with van der Waals surface area (Å²) in [5.74, 6) is -0.311. The van der Waals surface area contributed by atoms with Crippen molar-refractivity contribution in [3.8, 4) is 22.8 Å². The Labute approximate surface area is 117 Å². The number of nitrogens with zero attached hydrogens (tertiary/aromatic N) is 1. The molecule has 0 saturated heterocycles. The fourth-order valence-corrected chi connectivity index (χ4v) is 2.05. The van der Waals surface area contributed by atoms with Gasteiger partial charge in [-0.3, -0.25) is 0 Å². The minimum Gasteiger partial charge on any atom is -0.496 e. The summed E-state index contributed by atoms with van der Waals surface area (Å²) in [5.41, 5.74) is 0.943. The quantitative estimate of drug-likeness (QED) is 0.929. The minimum absolute atomic E-state index is 0.237. The van der Waals surface area contributed by atoms with Gasteiger partial charge in [-0.2, -0.15) is 0 Å². The van der Waals surface area contributed by atoms with Crippen LogP contribution < -0.4 is 9.47 Å². The minimum atomic E-state index is -1.18. The second-order valence-electron chi connectivity index (χ2n) is 3.57. The van der Waals surface area contributed by atoms with Crippen LogP contribution in [0.25, 0.3) is 11.3 Å². The van der Waals surface area contributed by atoms with Crippen molar-refractivity contribution in [1.82, 2.24) is 5.16 Å². The van der Waals surface area contributed by atoms with Crippen molar-refractivity contribution in [2.45, 2.75) is 0 Å². The van der Waals surface area contributed by atoms with Crippen molar-refractivity contribution >= 4 is 21.9 Å². The first-order valence-corrected chi connectivity index (χ1v) is 5.98. The Morgan fingerprint density at radius 2 is 1.95 bits per heavy atom. The van der Waals surface area contributed by atoms with E-state index in [4.69, 9.17) is 19.1 Å². The summed E-state index contributed by atoms with van der Waals surface area (Å²) in [6.45, 7) is 0. The zero-order valence-corrected chi connectivity index (χ0v) is 11.7. The zero-order valence-electron chi connectivity index (χ0n) is 10.1. The maximum Gasteiger partial charge on any atom is 0.374 e. The maximum absolute atomic E-state index is 10.8. The van der Waals surface area contributed by atoms with Crippen LogP contribution in [-0.2, 0) is 0 Å². The van der Waals surface area contributed by atoms with Crippen LogP contribution in [-0.4, -0.2) is 30.5 Å². The summed E-state index contributed by atoms with van der Waals surface area (Å²) in [7, 11) is 3.04. The number of hydrogen-bond acceptors (Lipinski definition) is 5. The fourth-order valence-electron chi connectivity index (χ4n) is 1.56. The van der Waals surface area contributed by atoms with Crippen LogP contribution >= 0.6 is 15.9 Å². The molecule has 0 bridgehead atoms. The summed E-state index contributed by atoms with van der Waals surface area (Å²) < 4.78 is 15.9. The van der Waals surface area contributed by atoms with Crippen molar-refractivity contribution in [2.24, 2.45) is 0 Å². The number of carboxylic acid groups (broad SMARTS) is 1. The molecule has 2 aromatic rings. The van der Waals surface area contributed by atoms with Gasteiger partial charge in [-0.15, -0.1) is 0 Å². The van der Waals surface area contributed by atoms with Crippen LogP contribution in [0, 0.1) is 0 Å². The van der Waals surface area contributed by atoms with E-state index in [9.17, 15) is 4.79 Å². The molecule has 0 amide bonds. The first-order valence-electron chi connectivity index (χ1n) is 5.18. The van der Waals surface area contributed by atoms with Crippen molar-refractivity contribution in [3.63, 3.8) is 0 Å². The highest BCUT2D eigenvalue weighted by Gasteiger charge is 2.17. The second kappa shape index (κ2) is 5.31. The Bertz CT molecular complexity index is 623. The molecular weight excluding hydrogens is 318 g/mol. The van der Waals surface area contributed by atoms with Crippen molar-refractivity contribution in [2.75, 3.05) is 14.2 Å². The van der Waals surface area contributed by atoms with Crippen LogP contribution in [0.2, 0.25) is 0 Å². The molecule has 0 aliphatic rings. The third-order valence-electron chi connectivity index (χ3n) is 2.47. The zero-order chi connectivity index (χ0) is 14.0. The van der Waals surface area contributed by atoms with Gasteiger partial charge in [-0.1, -0.05) is 5.16 Å². The first-order chi connectivity index (χ1) is 9.06. The number of carboxylic acids is 1. The Kier molecular flexibility index (Phi) is 3.75. The number of methoxy groups -OCH3 is 2. The number of rotatable bonds is 4. The second-order valence-corrected chi connectivity index (χ2v) is 4.42. The van der Waals surface area contributed by atoms with Crippen LogP contribution in [0.4, 0.5) is 0 Å². The van der Waals surface area contributed by atoms with Gasteiger partial charge >= 0.3 is 5.97 Å². The standard InChI is InChI=1S/C12H10BrNO5/c1-17-9-4-7(13)10(18-2)3-6(9)8-5-11(12(15)16)19-14-8/h3-5H,1-2H3,(H,15,16).